The Morgan fingerprint density at radius 1 is 1.23 bits per heavy atom. The smallest absolute Gasteiger partial charge is 0.294 e. The molecule has 0 bridgehead atoms. The lowest BCUT2D eigenvalue weighted by Gasteiger charge is -2.26. The van der Waals surface area contributed by atoms with Crippen LogP contribution in [0.2, 0.25) is 0 Å². The molecule has 0 saturated heterocycles. The van der Waals surface area contributed by atoms with Gasteiger partial charge < -0.3 is 5.11 Å². The molecule has 1 aliphatic rings. The summed E-state index contributed by atoms with van der Waals surface area (Å²) in [6, 6.07) is 12.8. The van der Waals surface area contributed by atoms with Gasteiger partial charge in [-0.1, -0.05) is 19.9 Å². The fourth-order valence-corrected chi connectivity index (χ4v) is 2.95. The summed E-state index contributed by atoms with van der Waals surface area (Å²) in [4.78, 5) is 31.1. The number of rotatable bonds is 4. The average molecular weight is 347 g/mol. The van der Waals surface area contributed by atoms with Crippen LogP contribution in [0.4, 0.5) is 5.69 Å². The van der Waals surface area contributed by atoms with Crippen molar-refractivity contribution >= 4 is 17.4 Å². The largest absolute Gasteiger partial charge is 0.503 e. The highest BCUT2D eigenvalue weighted by molar-refractivity contribution is 6.16. The summed E-state index contributed by atoms with van der Waals surface area (Å²) >= 11 is 0. The number of aliphatic hydroxyl groups excluding tert-OH is 1. The summed E-state index contributed by atoms with van der Waals surface area (Å²) in [7, 11) is 0. The first-order valence-electron chi connectivity index (χ1n) is 8.17. The maximum absolute atomic E-state index is 12.8. The number of carbonyl (C=O) groups is 2. The van der Waals surface area contributed by atoms with Gasteiger partial charge in [-0.2, -0.15) is 5.26 Å². The van der Waals surface area contributed by atoms with E-state index in [2.05, 4.69) is 4.98 Å². The van der Waals surface area contributed by atoms with Crippen LogP contribution < -0.4 is 4.90 Å². The summed E-state index contributed by atoms with van der Waals surface area (Å²) in [5, 5.41) is 19.4. The van der Waals surface area contributed by atoms with Crippen molar-refractivity contribution in [2.45, 2.75) is 19.9 Å². The SMILES string of the molecule is CC(C)C(=O)C1=C(O)C(=O)N(c2ccc(C#N)cc2)C1c1ccccn1. The first-order valence-corrected chi connectivity index (χ1v) is 8.17. The first kappa shape index (κ1) is 17.4. The Labute approximate surface area is 151 Å². The van der Waals surface area contributed by atoms with E-state index in [0.29, 0.717) is 16.9 Å². The molecule has 1 atom stereocenters. The Bertz CT molecular complexity index is 925. The van der Waals surface area contributed by atoms with E-state index in [1.165, 1.54) is 4.90 Å². The van der Waals surface area contributed by atoms with Crippen molar-refractivity contribution < 1.29 is 14.7 Å². The van der Waals surface area contributed by atoms with E-state index in [0.717, 1.165) is 0 Å². The number of pyridine rings is 1. The van der Waals surface area contributed by atoms with E-state index in [1.807, 2.05) is 6.07 Å². The molecule has 6 nitrogen and oxygen atoms in total. The Kier molecular flexibility index (Phi) is 4.55. The molecule has 3 rings (SSSR count). The normalized spacial score (nSPS) is 16.9. The van der Waals surface area contributed by atoms with Crippen molar-refractivity contribution in [3.05, 3.63) is 71.3 Å². The maximum Gasteiger partial charge on any atom is 0.294 e. The predicted octanol–water partition coefficient (Wildman–Crippen LogP) is 3.08. The van der Waals surface area contributed by atoms with E-state index in [4.69, 9.17) is 5.26 Å². The molecule has 2 aromatic rings. The van der Waals surface area contributed by atoms with Crippen molar-refractivity contribution in [2.24, 2.45) is 5.92 Å². The number of carbonyl (C=O) groups excluding carboxylic acids is 2. The predicted molar refractivity (Wildman–Crippen MR) is 95.1 cm³/mol. The summed E-state index contributed by atoms with van der Waals surface area (Å²) in [6.45, 7) is 3.43. The Balaban J connectivity index is 2.16. The molecule has 0 fully saturated rings. The lowest BCUT2D eigenvalue weighted by Crippen LogP contribution is -2.32. The highest BCUT2D eigenvalue weighted by atomic mass is 16.3. The van der Waals surface area contributed by atoms with Crippen LogP contribution in [-0.2, 0) is 9.59 Å². The van der Waals surface area contributed by atoms with Gasteiger partial charge in [0.15, 0.2) is 11.5 Å². The van der Waals surface area contributed by atoms with E-state index in [9.17, 15) is 14.7 Å². The second kappa shape index (κ2) is 6.81. The summed E-state index contributed by atoms with van der Waals surface area (Å²) in [5.74, 6) is -1.90. The van der Waals surface area contributed by atoms with Crippen molar-refractivity contribution in [1.29, 1.82) is 5.26 Å². The Morgan fingerprint density at radius 3 is 2.46 bits per heavy atom. The van der Waals surface area contributed by atoms with Crippen LogP contribution in [0.25, 0.3) is 0 Å². The van der Waals surface area contributed by atoms with Crippen molar-refractivity contribution in [3.63, 3.8) is 0 Å². The molecule has 6 heteroatoms. The molecule has 26 heavy (non-hydrogen) atoms. The topological polar surface area (TPSA) is 94.3 Å². The highest BCUT2D eigenvalue weighted by Gasteiger charge is 2.45. The van der Waals surface area contributed by atoms with Gasteiger partial charge in [0.2, 0.25) is 0 Å². The number of aromatic nitrogens is 1. The van der Waals surface area contributed by atoms with Crippen LogP contribution in [0.1, 0.15) is 31.1 Å². The minimum atomic E-state index is -0.813. The van der Waals surface area contributed by atoms with Crippen LogP contribution in [0.5, 0.6) is 0 Å². The zero-order chi connectivity index (χ0) is 18.8. The van der Waals surface area contributed by atoms with Gasteiger partial charge in [-0.05, 0) is 36.4 Å². The molecule has 0 spiro atoms. The third kappa shape index (κ3) is 2.84. The molecule has 130 valence electrons. The summed E-state index contributed by atoms with van der Waals surface area (Å²) < 4.78 is 0. The molecule has 0 radical (unpaired) electrons. The van der Waals surface area contributed by atoms with Crippen LogP contribution in [0.15, 0.2) is 60.0 Å². The number of benzene rings is 1. The lowest BCUT2D eigenvalue weighted by molar-refractivity contribution is -0.119. The van der Waals surface area contributed by atoms with Gasteiger partial charge in [0.1, 0.15) is 6.04 Å². The van der Waals surface area contributed by atoms with Crippen molar-refractivity contribution in [3.8, 4) is 6.07 Å². The van der Waals surface area contributed by atoms with E-state index in [-0.39, 0.29) is 17.3 Å². The van der Waals surface area contributed by atoms with Gasteiger partial charge in [0.25, 0.3) is 5.91 Å². The molecular weight excluding hydrogens is 330 g/mol. The number of anilines is 1. The number of hydrogen-bond acceptors (Lipinski definition) is 5. The number of aliphatic hydroxyl groups is 1. The molecule has 1 aromatic carbocycles. The van der Waals surface area contributed by atoms with Gasteiger partial charge in [-0.15, -0.1) is 0 Å². The number of ketones is 1. The van der Waals surface area contributed by atoms with Gasteiger partial charge >= 0.3 is 0 Å². The number of hydrogen-bond donors (Lipinski definition) is 1. The molecule has 1 amide bonds. The quantitative estimate of drug-likeness (QED) is 0.917. The molecule has 1 aromatic heterocycles. The van der Waals surface area contributed by atoms with Crippen LogP contribution in [0, 0.1) is 17.2 Å². The first-order chi connectivity index (χ1) is 12.5. The zero-order valence-corrected chi connectivity index (χ0v) is 14.4. The minimum Gasteiger partial charge on any atom is -0.503 e. The molecule has 2 heterocycles. The van der Waals surface area contributed by atoms with Crippen molar-refractivity contribution in [1.82, 2.24) is 4.98 Å². The van der Waals surface area contributed by atoms with E-state index >= 15 is 0 Å². The number of Topliss-reactive ketones (excluding diaryl/α,β-unsaturated/α-hetero) is 1. The standard InChI is InChI=1S/C20H17N3O3/c1-12(2)18(24)16-17(15-5-3-4-10-22-15)23(20(26)19(16)25)14-8-6-13(11-21)7-9-14/h3-10,12,17,25H,1-2H3. The Morgan fingerprint density at radius 2 is 1.92 bits per heavy atom. The van der Waals surface area contributed by atoms with Gasteiger partial charge in [-0.25, -0.2) is 0 Å². The fourth-order valence-electron chi connectivity index (χ4n) is 2.95. The van der Waals surface area contributed by atoms with Crippen LogP contribution in [-0.4, -0.2) is 21.8 Å². The molecule has 1 unspecified atom stereocenters. The van der Waals surface area contributed by atoms with E-state index in [1.54, 1.807) is 62.5 Å². The molecule has 1 aliphatic heterocycles. The molecular formula is C20H17N3O3. The zero-order valence-electron chi connectivity index (χ0n) is 14.4. The third-order valence-corrected chi connectivity index (χ3v) is 4.24. The van der Waals surface area contributed by atoms with Gasteiger partial charge in [-0.3, -0.25) is 19.5 Å². The second-order valence-corrected chi connectivity index (χ2v) is 6.27. The number of nitriles is 1. The van der Waals surface area contributed by atoms with Crippen molar-refractivity contribution in [2.75, 3.05) is 4.90 Å². The molecule has 1 N–H and O–H groups in total. The molecule has 0 aliphatic carbocycles. The highest BCUT2D eigenvalue weighted by Crippen LogP contribution is 2.41. The maximum atomic E-state index is 12.8. The number of amides is 1. The fraction of sp³-hybridized carbons (Fsp3) is 0.200. The average Bonchev–Trinajstić information content (AvgIpc) is 2.93. The second-order valence-electron chi connectivity index (χ2n) is 6.27. The van der Waals surface area contributed by atoms with Crippen LogP contribution >= 0.6 is 0 Å². The van der Waals surface area contributed by atoms with Gasteiger partial charge in [0.05, 0.1) is 22.9 Å². The summed E-state index contributed by atoms with van der Waals surface area (Å²) in [5.41, 5.74) is 1.46. The summed E-state index contributed by atoms with van der Waals surface area (Å²) in [6.07, 6.45) is 1.57. The monoisotopic (exact) mass is 347 g/mol. The van der Waals surface area contributed by atoms with E-state index < -0.39 is 17.7 Å². The lowest BCUT2D eigenvalue weighted by atomic mass is 9.93. The molecule has 0 saturated carbocycles. The minimum absolute atomic E-state index is 0.0491. The van der Waals surface area contributed by atoms with Gasteiger partial charge in [0, 0.05) is 17.8 Å². The Hall–Kier alpha value is -3.46. The third-order valence-electron chi connectivity index (χ3n) is 4.24. The number of nitrogens with zero attached hydrogens (tertiary/aromatic N) is 3. The van der Waals surface area contributed by atoms with Crippen LogP contribution in [0.3, 0.4) is 0 Å².